The van der Waals surface area contributed by atoms with E-state index in [1.807, 2.05) is 0 Å². The van der Waals surface area contributed by atoms with Gasteiger partial charge in [0.25, 0.3) is 0 Å². The molecule has 6 aliphatic rings. The van der Waals surface area contributed by atoms with E-state index in [4.69, 9.17) is 15.0 Å². The number of rotatable bonds is 15. The molecular formula is C54H99N9O3. The van der Waals surface area contributed by atoms with Crippen molar-refractivity contribution in [3.05, 3.63) is 33.1 Å². The van der Waals surface area contributed by atoms with Crippen molar-refractivity contribution in [2.45, 2.75) is 269 Å². The number of nitrogens with one attached hydrogen (secondary N) is 3. The lowest BCUT2D eigenvalue weighted by molar-refractivity contribution is -0.922. The van der Waals surface area contributed by atoms with E-state index < -0.39 is 0 Å². The first-order valence-electron chi connectivity index (χ1n) is 27.4. The molecule has 0 aromatic carbocycles. The topological polar surface area (TPSA) is 144 Å². The second-order valence-electron chi connectivity index (χ2n) is 27.6. The average molecular weight is 922 g/mol. The van der Waals surface area contributed by atoms with Crippen LogP contribution in [0, 0.1) is 33.4 Å². The Morgan fingerprint density at radius 3 is 0.773 bits per heavy atom. The molecule has 3 atom stereocenters. The lowest BCUT2D eigenvalue weighted by Gasteiger charge is -2.61. The molecule has 6 fully saturated rings. The second kappa shape index (κ2) is 19.7. The molecule has 0 radical (unpaired) electrons. The van der Waals surface area contributed by atoms with Crippen molar-refractivity contribution in [2.24, 2.45) is 17.8 Å². The first-order chi connectivity index (χ1) is 30.6. The van der Waals surface area contributed by atoms with Crippen molar-refractivity contribution in [1.82, 2.24) is 30.9 Å². The molecule has 1 aromatic heterocycles. The van der Waals surface area contributed by atoms with Crippen LogP contribution in [0.4, 0.5) is 0 Å². The molecule has 66 heavy (non-hydrogen) atoms. The van der Waals surface area contributed by atoms with Gasteiger partial charge in [0, 0.05) is 56.3 Å². The molecule has 3 unspecified atom stereocenters. The van der Waals surface area contributed by atoms with Gasteiger partial charge in [-0.1, -0.05) is 57.8 Å². The van der Waals surface area contributed by atoms with Gasteiger partial charge >= 0.3 is 0 Å². The van der Waals surface area contributed by atoms with E-state index in [1.165, 1.54) is 57.8 Å². The fourth-order valence-electron chi connectivity index (χ4n) is 16.7. The van der Waals surface area contributed by atoms with Gasteiger partial charge in [0.05, 0.1) is 90.6 Å². The maximum atomic E-state index is 15.5. The van der Waals surface area contributed by atoms with Crippen molar-refractivity contribution in [2.75, 3.05) is 39.3 Å². The minimum absolute atomic E-state index is 0.0190. The number of hydrogen-bond donors (Lipinski definition) is 3. The zero-order valence-electron chi connectivity index (χ0n) is 44.5. The summed E-state index contributed by atoms with van der Waals surface area (Å²) in [4.78, 5) is 16.0. The fourth-order valence-corrected chi connectivity index (χ4v) is 16.7. The van der Waals surface area contributed by atoms with Crippen LogP contribution in [0.3, 0.4) is 0 Å². The van der Waals surface area contributed by atoms with Gasteiger partial charge in [0.2, 0.25) is 0 Å². The quantitative estimate of drug-likeness (QED) is 0.116. The number of quaternary nitrogens is 3. The van der Waals surface area contributed by atoms with E-state index in [2.05, 4.69) is 99.0 Å². The molecule has 0 bridgehead atoms. The van der Waals surface area contributed by atoms with Gasteiger partial charge in [-0.2, -0.15) is 0 Å². The summed E-state index contributed by atoms with van der Waals surface area (Å²) in [5, 5.41) is 57.8. The number of aryl methyl sites for hydroxylation is 3. The Hall–Kier alpha value is -1.35. The molecular weight excluding hydrogens is 823 g/mol. The minimum atomic E-state index is -0.264. The highest BCUT2D eigenvalue weighted by molar-refractivity contribution is 5.03. The van der Waals surface area contributed by atoms with Crippen molar-refractivity contribution in [3.63, 3.8) is 0 Å². The Balaban J connectivity index is 1.22. The van der Waals surface area contributed by atoms with E-state index >= 15 is 15.6 Å². The van der Waals surface area contributed by atoms with E-state index in [-0.39, 0.29) is 65.3 Å². The predicted octanol–water partition coefficient (Wildman–Crippen LogP) is 9.94. The Morgan fingerprint density at radius 1 is 0.379 bits per heavy atom. The molecule has 12 heteroatoms. The highest BCUT2D eigenvalue weighted by Gasteiger charge is 2.51. The molecule has 0 spiro atoms. The highest BCUT2D eigenvalue weighted by Crippen LogP contribution is 2.42. The standard InChI is InChI=1S/C54H99N9O3/c1-49(2)34-61(64,35-50(3,4)58-49)43(40-22-16-13-17-23-40)28-31-46-55-47(32-29-44(41-24-18-14-19-25-41)62(65)36-51(5,6)59-52(7,8)37-62)57-48(56-46)33-30-45(42-26-20-15-21-27-42)63(66)38-53(9,10)60-54(11,12)39-63/h40-45,58-60H,13-39H2,1-12H3. The normalized spacial score (nSPS) is 29.7. The molecule has 0 amide bonds. The van der Waals surface area contributed by atoms with Crippen LogP contribution in [0.1, 0.15) is 216 Å². The smallest absolute Gasteiger partial charge is 0.132 e. The summed E-state index contributed by atoms with van der Waals surface area (Å²) >= 11 is 0. The summed E-state index contributed by atoms with van der Waals surface area (Å²) in [7, 11) is 0. The van der Waals surface area contributed by atoms with Crippen molar-refractivity contribution in [3.8, 4) is 0 Å². The van der Waals surface area contributed by atoms with E-state index in [9.17, 15) is 0 Å². The van der Waals surface area contributed by atoms with Gasteiger partial charge in [0.15, 0.2) is 0 Å². The van der Waals surface area contributed by atoms with Gasteiger partial charge in [0.1, 0.15) is 17.5 Å². The van der Waals surface area contributed by atoms with Crippen LogP contribution in [0.2, 0.25) is 0 Å². The second-order valence-corrected chi connectivity index (χ2v) is 27.6. The third-order valence-electron chi connectivity index (χ3n) is 17.2. The lowest BCUT2D eigenvalue weighted by Crippen LogP contribution is -2.75. The largest absolute Gasteiger partial charge is 0.632 e. The summed E-state index contributed by atoms with van der Waals surface area (Å²) in [6.07, 6.45) is 21.9. The lowest BCUT2D eigenvalue weighted by atomic mass is 9.78. The summed E-state index contributed by atoms with van der Waals surface area (Å²) in [6.45, 7) is 29.8. The van der Waals surface area contributed by atoms with Crippen LogP contribution in [0.15, 0.2) is 0 Å². The van der Waals surface area contributed by atoms with Crippen molar-refractivity contribution in [1.29, 1.82) is 0 Å². The Bertz CT molecular complexity index is 1500. The van der Waals surface area contributed by atoms with E-state index in [0.29, 0.717) is 76.3 Å². The first-order valence-corrected chi connectivity index (χ1v) is 27.4. The van der Waals surface area contributed by atoms with E-state index in [0.717, 1.165) is 75.3 Å². The van der Waals surface area contributed by atoms with Crippen LogP contribution in [-0.2, 0) is 19.3 Å². The summed E-state index contributed by atoms with van der Waals surface area (Å²) < 4.78 is -0.486. The zero-order valence-corrected chi connectivity index (χ0v) is 44.5. The molecule has 3 aliphatic heterocycles. The van der Waals surface area contributed by atoms with Crippen LogP contribution < -0.4 is 16.0 Å². The molecule has 12 nitrogen and oxygen atoms in total. The highest BCUT2D eigenvalue weighted by atomic mass is 16.6. The number of aromatic nitrogens is 3. The first kappa shape index (κ1) is 52.5. The van der Waals surface area contributed by atoms with Gasteiger partial charge < -0.3 is 29.6 Å². The summed E-state index contributed by atoms with van der Waals surface area (Å²) in [5.41, 5.74) is -1.58. The van der Waals surface area contributed by atoms with Gasteiger partial charge in [-0.3, -0.25) is 16.0 Å². The number of piperazine rings is 3. The van der Waals surface area contributed by atoms with Crippen LogP contribution in [0.25, 0.3) is 0 Å². The third kappa shape index (κ3) is 13.3. The van der Waals surface area contributed by atoms with Crippen LogP contribution >= 0.6 is 0 Å². The molecule has 1 aromatic rings. The van der Waals surface area contributed by atoms with Crippen molar-refractivity contribution >= 4 is 0 Å². The van der Waals surface area contributed by atoms with Crippen LogP contribution in [0.5, 0.6) is 0 Å². The minimum Gasteiger partial charge on any atom is -0.632 e. The maximum Gasteiger partial charge on any atom is 0.132 e. The molecule has 3 aliphatic carbocycles. The Kier molecular flexibility index (Phi) is 15.7. The predicted molar refractivity (Wildman–Crippen MR) is 270 cm³/mol. The number of hydrogen-bond acceptors (Lipinski definition) is 9. The van der Waals surface area contributed by atoms with Gasteiger partial charge in [-0.05, 0) is 122 Å². The van der Waals surface area contributed by atoms with Crippen molar-refractivity contribution < 1.29 is 13.9 Å². The molecule has 3 saturated carbocycles. The molecule has 378 valence electrons. The fraction of sp³-hybridized carbons (Fsp3) is 0.944. The molecule has 7 rings (SSSR count). The summed E-state index contributed by atoms with van der Waals surface area (Å²) in [6, 6.07) is -0.0571. The Labute approximate surface area is 402 Å². The van der Waals surface area contributed by atoms with Crippen LogP contribution in [-0.4, -0.2) is 120 Å². The van der Waals surface area contributed by atoms with Gasteiger partial charge in [-0.25, -0.2) is 15.0 Å². The SMILES string of the molecule is CC1(C)C[N+]([O-])(C(CCc2nc(CCC(C3CCCCC3)[N+]3([O-])CC(C)(C)NC(C)(C)C3)nc(CCC(C3CCCCC3)[N+]3([O-])CC(C)(C)NC(C)(C)C3)n2)C2CCCCC2)CC(C)(C)N1. The third-order valence-corrected chi connectivity index (χ3v) is 17.2. The molecule has 3 saturated heterocycles. The van der Waals surface area contributed by atoms with Gasteiger partial charge in [-0.15, -0.1) is 0 Å². The molecule has 3 N–H and O–H groups in total. The molecule has 4 heterocycles. The zero-order chi connectivity index (χ0) is 48.0. The van der Waals surface area contributed by atoms with E-state index in [1.54, 1.807) is 0 Å². The number of hydroxylamine groups is 9. The maximum absolute atomic E-state index is 15.5. The number of nitrogens with zero attached hydrogens (tertiary/aromatic N) is 6. The summed E-state index contributed by atoms with van der Waals surface area (Å²) in [5.74, 6) is 3.57. The monoisotopic (exact) mass is 922 g/mol. The Morgan fingerprint density at radius 2 is 0.576 bits per heavy atom. The average Bonchev–Trinajstić information content (AvgIpc) is 3.15.